The van der Waals surface area contributed by atoms with Crippen molar-refractivity contribution in [3.05, 3.63) is 29.8 Å². The van der Waals surface area contributed by atoms with E-state index in [1.807, 2.05) is 0 Å². The first-order valence-electron chi connectivity index (χ1n) is 4.01. The fourth-order valence-electron chi connectivity index (χ4n) is 0.946. The molecule has 2 heteroatoms. The molecule has 12 heavy (non-hydrogen) atoms. The third-order valence-electron chi connectivity index (χ3n) is 1.91. The van der Waals surface area contributed by atoms with Crippen LogP contribution in [0.4, 0.5) is 0 Å². The minimum atomic E-state index is 0.240. The molecule has 1 rings (SSSR count). The van der Waals surface area contributed by atoms with Crippen molar-refractivity contribution in [1.29, 1.82) is 0 Å². The summed E-state index contributed by atoms with van der Waals surface area (Å²) in [7, 11) is 4.23. The third-order valence-corrected chi connectivity index (χ3v) is 3.96. The fraction of sp³-hybridized carbons (Fsp3) is 0.400. The molecule has 0 aromatic heterocycles. The molecule has 0 aliphatic heterocycles. The molecule has 1 nitrogen and oxygen atoms in total. The molecule has 1 aromatic carbocycles. The lowest BCUT2D eigenvalue weighted by atomic mass is 10.2. The van der Waals surface area contributed by atoms with Crippen LogP contribution in [0.5, 0.6) is 0 Å². The molecule has 0 aliphatic carbocycles. The van der Waals surface area contributed by atoms with Crippen molar-refractivity contribution in [2.24, 2.45) is 0 Å². The highest BCUT2D eigenvalue weighted by Crippen LogP contribution is 2.13. The van der Waals surface area contributed by atoms with Gasteiger partial charge in [-0.1, -0.05) is 17.7 Å². The Morgan fingerprint density at radius 3 is 2.00 bits per heavy atom. The maximum absolute atomic E-state index is 2.24. The summed E-state index contributed by atoms with van der Waals surface area (Å²) < 4.78 is 2.24. The van der Waals surface area contributed by atoms with Gasteiger partial charge >= 0.3 is 0 Å². The molecule has 0 aliphatic rings. The predicted molar refractivity (Wildman–Crippen MR) is 56.4 cm³/mol. The molecule has 0 fully saturated rings. The summed E-state index contributed by atoms with van der Waals surface area (Å²) in [5.74, 6) is 0. The molecular formula is C10H16NS+. The van der Waals surface area contributed by atoms with Crippen LogP contribution >= 0.6 is 0 Å². The van der Waals surface area contributed by atoms with Gasteiger partial charge in [0, 0.05) is 14.1 Å². The third kappa shape index (κ3) is 2.26. The highest BCUT2D eigenvalue weighted by molar-refractivity contribution is 7.94. The Bertz CT molecular complexity index is 241. The van der Waals surface area contributed by atoms with Crippen LogP contribution in [0.1, 0.15) is 5.56 Å². The van der Waals surface area contributed by atoms with E-state index in [1.54, 1.807) is 0 Å². The van der Waals surface area contributed by atoms with Crippen LogP contribution in [-0.2, 0) is 11.1 Å². The van der Waals surface area contributed by atoms with Crippen LogP contribution in [0.3, 0.4) is 0 Å². The molecule has 0 amide bonds. The fourth-order valence-corrected chi connectivity index (χ4v) is 1.90. The Morgan fingerprint density at radius 1 is 1.08 bits per heavy atom. The highest BCUT2D eigenvalue weighted by atomic mass is 32.2. The maximum atomic E-state index is 2.24. The zero-order valence-electron chi connectivity index (χ0n) is 8.16. The summed E-state index contributed by atoms with van der Waals surface area (Å²) in [6.07, 6.45) is 2.24. The lowest BCUT2D eigenvalue weighted by Gasteiger charge is -2.08. The summed E-state index contributed by atoms with van der Waals surface area (Å²) in [5, 5.41) is 0. The number of hydrogen-bond acceptors (Lipinski definition) is 1. The van der Waals surface area contributed by atoms with Crippen LogP contribution in [0.25, 0.3) is 0 Å². The number of rotatable bonds is 2. The van der Waals surface area contributed by atoms with Gasteiger partial charge in [0.1, 0.15) is 17.3 Å². The van der Waals surface area contributed by atoms with E-state index in [9.17, 15) is 0 Å². The standard InChI is InChI=1S/C10H16NS/c1-9-5-7-10(8-6-9)12(4)11(2)3/h5-8H,1-4H3/q+1. The summed E-state index contributed by atoms with van der Waals surface area (Å²) in [6.45, 7) is 2.12. The molecule has 0 bridgehead atoms. The van der Waals surface area contributed by atoms with E-state index < -0.39 is 0 Å². The van der Waals surface area contributed by atoms with Crippen molar-refractivity contribution in [2.75, 3.05) is 20.4 Å². The van der Waals surface area contributed by atoms with Crippen LogP contribution in [-0.4, -0.2) is 24.7 Å². The van der Waals surface area contributed by atoms with Crippen LogP contribution in [0, 0.1) is 6.92 Å². The molecule has 1 unspecified atom stereocenters. The van der Waals surface area contributed by atoms with Crippen molar-refractivity contribution in [3.63, 3.8) is 0 Å². The molecule has 1 aromatic rings. The van der Waals surface area contributed by atoms with Gasteiger partial charge in [0.2, 0.25) is 0 Å². The van der Waals surface area contributed by atoms with Gasteiger partial charge in [-0.05, 0) is 19.1 Å². The van der Waals surface area contributed by atoms with Crippen LogP contribution in [0.2, 0.25) is 0 Å². The number of aryl methyl sites for hydroxylation is 1. The summed E-state index contributed by atoms with van der Waals surface area (Å²) >= 11 is 0.240. The van der Waals surface area contributed by atoms with E-state index >= 15 is 0 Å². The molecule has 1 atom stereocenters. The van der Waals surface area contributed by atoms with Crippen LogP contribution in [0.15, 0.2) is 29.2 Å². The van der Waals surface area contributed by atoms with Gasteiger partial charge in [-0.2, -0.15) is 0 Å². The summed E-state index contributed by atoms with van der Waals surface area (Å²) in [6, 6.07) is 8.75. The second-order valence-electron chi connectivity index (χ2n) is 3.10. The van der Waals surface area contributed by atoms with Crippen molar-refractivity contribution < 1.29 is 0 Å². The average Bonchev–Trinajstić information content (AvgIpc) is 2.04. The van der Waals surface area contributed by atoms with Gasteiger partial charge in [-0.3, -0.25) is 0 Å². The van der Waals surface area contributed by atoms with Crippen molar-refractivity contribution >= 4 is 11.1 Å². The smallest absolute Gasteiger partial charge is 0.127 e. The summed E-state index contributed by atoms with van der Waals surface area (Å²) in [4.78, 5) is 1.41. The first kappa shape index (κ1) is 9.62. The Balaban J connectivity index is 2.82. The second-order valence-corrected chi connectivity index (χ2v) is 5.26. The van der Waals surface area contributed by atoms with Gasteiger partial charge in [0.05, 0.1) is 0 Å². The molecule has 0 saturated heterocycles. The van der Waals surface area contributed by atoms with Gasteiger partial charge in [0.15, 0.2) is 4.90 Å². The number of nitrogens with zero attached hydrogens (tertiary/aromatic N) is 1. The van der Waals surface area contributed by atoms with E-state index in [1.165, 1.54) is 10.5 Å². The van der Waals surface area contributed by atoms with E-state index in [-0.39, 0.29) is 11.1 Å². The first-order valence-corrected chi connectivity index (χ1v) is 5.60. The molecule has 0 N–H and O–H groups in total. The normalized spacial score (nSPS) is 13.4. The molecule has 0 radical (unpaired) electrons. The van der Waals surface area contributed by atoms with Crippen molar-refractivity contribution in [3.8, 4) is 0 Å². The van der Waals surface area contributed by atoms with Crippen molar-refractivity contribution in [2.45, 2.75) is 11.8 Å². The Kier molecular flexibility index (Phi) is 3.18. The van der Waals surface area contributed by atoms with E-state index in [0.29, 0.717) is 0 Å². The largest absolute Gasteiger partial charge is 0.175 e. The zero-order chi connectivity index (χ0) is 9.14. The Hall–Kier alpha value is -0.470. The molecule has 0 spiro atoms. The van der Waals surface area contributed by atoms with Crippen molar-refractivity contribution in [1.82, 2.24) is 4.31 Å². The van der Waals surface area contributed by atoms with E-state index in [2.05, 4.69) is 55.8 Å². The zero-order valence-corrected chi connectivity index (χ0v) is 8.98. The van der Waals surface area contributed by atoms with Gasteiger partial charge in [-0.25, -0.2) is 0 Å². The Morgan fingerprint density at radius 2 is 1.58 bits per heavy atom. The highest BCUT2D eigenvalue weighted by Gasteiger charge is 2.17. The SMILES string of the molecule is Cc1ccc([S+](C)N(C)C)cc1. The van der Waals surface area contributed by atoms with Gasteiger partial charge < -0.3 is 0 Å². The molecule has 0 saturated carbocycles. The van der Waals surface area contributed by atoms with Crippen LogP contribution < -0.4 is 0 Å². The minimum Gasteiger partial charge on any atom is -0.127 e. The van der Waals surface area contributed by atoms with Gasteiger partial charge in [0.25, 0.3) is 0 Å². The summed E-state index contributed by atoms with van der Waals surface area (Å²) in [5.41, 5.74) is 1.33. The second kappa shape index (κ2) is 3.97. The molecule has 0 heterocycles. The Labute approximate surface area is 77.9 Å². The topological polar surface area (TPSA) is 3.24 Å². The average molecular weight is 182 g/mol. The molecular weight excluding hydrogens is 166 g/mol. The quantitative estimate of drug-likeness (QED) is 0.633. The van der Waals surface area contributed by atoms with Gasteiger partial charge in [-0.15, -0.1) is 4.31 Å². The van der Waals surface area contributed by atoms with E-state index in [0.717, 1.165) is 0 Å². The number of hydrogen-bond donors (Lipinski definition) is 0. The maximum Gasteiger partial charge on any atom is 0.175 e. The monoisotopic (exact) mass is 182 g/mol. The molecule has 66 valence electrons. The first-order chi connectivity index (χ1) is 5.61. The number of benzene rings is 1. The lowest BCUT2D eigenvalue weighted by Crippen LogP contribution is -2.21. The predicted octanol–water partition coefficient (Wildman–Crippen LogP) is 2.08. The minimum absolute atomic E-state index is 0.240. The van der Waals surface area contributed by atoms with E-state index in [4.69, 9.17) is 0 Å². The lowest BCUT2D eigenvalue weighted by molar-refractivity contribution is 0.689.